The number of hydrogen-bond acceptors (Lipinski definition) is 5. The Hall–Kier alpha value is -2.02. The maximum atomic E-state index is 12.7. The highest BCUT2D eigenvalue weighted by molar-refractivity contribution is 7.18. The fourth-order valence-corrected chi connectivity index (χ4v) is 5.14. The number of aromatic nitrogens is 2. The van der Waals surface area contributed by atoms with Crippen molar-refractivity contribution < 1.29 is 5.11 Å². The Kier molecular flexibility index (Phi) is 5.66. The van der Waals surface area contributed by atoms with Gasteiger partial charge in [-0.05, 0) is 49.8 Å². The van der Waals surface area contributed by atoms with Gasteiger partial charge in [-0.15, -0.1) is 11.3 Å². The van der Waals surface area contributed by atoms with Crippen molar-refractivity contribution in [3.8, 4) is 0 Å². The number of fused-ring (bicyclic) bond motifs is 3. The Balaban J connectivity index is 1.40. The van der Waals surface area contributed by atoms with Crippen LogP contribution in [-0.2, 0) is 25.8 Å². The summed E-state index contributed by atoms with van der Waals surface area (Å²) in [6.07, 6.45) is 6.74. The monoisotopic (exact) mass is 383 g/mol. The van der Waals surface area contributed by atoms with Crippen molar-refractivity contribution in [3.05, 3.63) is 63.0 Å². The van der Waals surface area contributed by atoms with Crippen LogP contribution >= 0.6 is 11.3 Å². The van der Waals surface area contributed by atoms with E-state index in [1.165, 1.54) is 20.6 Å². The number of thiophene rings is 1. The fraction of sp³-hybridized carbons (Fsp3) is 0.429. The van der Waals surface area contributed by atoms with Gasteiger partial charge in [-0.2, -0.15) is 0 Å². The van der Waals surface area contributed by atoms with E-state index >= 15 is 0 Å². The molecule has 0 saturated heterocycles. The molecule has 1 aliphatic carbocycles. The highest BCUT2D eigenvalue weighted by Gasteiger charge is 2.24. The van der Waals surface area contributed by atoms with E-state index in [-0.39, 0.29) is 12.2 Å². The van der Waals surface area contributed by atoms with E-state index in [0.29, 0.717) is 12.6 Å². The number of rotatable bonds is 7. The van der Waals surface area contributed by atoms with Gasteiger partial charge in [-0.25, -0.2) is 4.98 Å². The molecular formula is C21H25N3O2S. The molecule has 142 valence electrons. The van der Waals surface area contributed by atoms with Crippen molar-refractivity contribution in [2.45, 2.75) is 44.7 Å². The van der Waals surface area contributed by atoms with Crippen LogP contribution in [-0.4, -0.2) is 33.9 Å². The number of nitrogens with zero attached hydrogens (tertiary/aromatic N) is 2. The lowest BCUT2D eigenvalue weighted by molar-refractivity contribution is 0.274. The zero-order valence-electron chi connectivity index (χ0n) is 15.4. The molecule has 1 aliphatic rings. The van der Waals surface area contributed by atoms with Crippen molar-refractivity contribution in [2.24, 2.45) is 0 Å². The van der Waals surface area contributed by atoms with Crippen molar-refractivity contribution in [1.29, 1.82) is 0 Å². The van der Waals surface area contributed by atoms with Gasteiger partial charge >= 0.3 is 0 Å². The minimum atomic E-state index is -0.0472. The highest BCUT2D eigenvalue weighted by Crippen LogP contribution is 2.33. The Morgan fingerprint density at radius 1 is 1.30 bits per heavy atom. The average Bonchev–Trinajstić information content (AvgIpc) is 3.07. The maximum Gasteiger partial charge on any atom is 0.262 e. The Morgan fingerprint density at radius 2 is 2.15 bits per heavy atom. The summed E-state index contributed by atoms with van der Waals surface area (Å²) in [5, 5.41) is 13.6. The molecule has 0 fully saturated rings. The molecule has 6 heteroatoms. The fourth-order valence-electron chi connectivity index (χ4n) is 3.89. The lowest BCUT2D eigenvalue weighted by Gasteiger charge is -2.23. The second kappa shape index (κ2) is 8.33. The summed E-state index contributed by atoms with van der Waals surface area (Å²) in [6, 6.07) is 11.1. The number of hydrogen-bond donors (Lipinski definition) is 2. The van der Waals surface area contributed by atoms with Crippen LogP contribution in [0.4, 0.5) is 0 Å². The summed E-state index contributed by atoms with van der Waals surface area (Å²) >= 11 is 1.65. The zero-order chi connectivity index (χ0) is 18.6. The molecule has 2 N–H and O–H groups in total. The zero-order valence-corrected chi connectivity index (χ0v) is 16.2. The van der Waals surface area contributed by atoms with Crippen molar-refractivity contribution in [2.75, 3.05) is 13.2 Å². The molecule has 0 spiro atoms. The van der Waals surface area contributed by atoms with Gasteiger partial charge in [0.15, 0.2) is 0 Å². The molecule has 2 aromatic heterocycles. The van der Waals surface area contributed by atoms with Crippen LogP contribution in [0.5, 0.6) is 0 Å². The molecule has 3 aromatic rings. The highest BCUT2D eigenvalue weighted by atomic mass is 32.1. The molecule has 0 saturated carbocycles. The van der Waals surface area contributed by atoms with Gasteiger partial charge in [-0.1, -0.05) is 30.3 Å². The molecule has 1 aromatic carbocycles. The van der Waals surface area contributed by atoms with Crippen LogP contribution in [0.15, 0.2) is 41.5 Å². The summed E-state index contributed by atoms with van der Waals surface area (Å²) in [6.45, 7) is 1.27. The van der Waals surface area contributed by atoms with Gasteiger partial charge in [0.25, 0.3) is 5.56 Å². The summed E-state index contributed by atoms with van der Waals surface area (Å²) in [7, 11) is 0. The smallest absolute Gasteiger partial charge is 0.262 e. The Bertz CT molecular complexity index is 965. The minimum Gasteiger partial charge on any atom is -0.395 e. The third-order valence-corrected chi connectivity index (χ3v) is 6.46. The molecule has 0 bridgehead atoms. The van der Waals surface area contributed by atoms with E-state index in [4.69, 9.17) is 5.11 Å². The average molecular weight is 384 g/mol. The Morgan fingerprint density at radius 3 is 2.96 bits per heavy atom. The predicted molar refractivity (Wildman–Crippen MR) is 110 cm³/mol. The standard InChI is InChI=1S/C21H25N3O2S/c25-12-11-24-14-23-20-19(21(24)26)17-9-8-16(13-18(17)27-20)22-10-4-7-15-5-2-1-3-6-15/h1-3,5-6,14,16,22,25H,4,7-13H2. The van der Waals surface area contributed by atoms with Gasteiger partial charge in [0.1, 0.15) is 4.83 Å². The van der Waals surface area contributed by atoms with E-state index < -0.39 is 0 Å². The van der Waals surface area contributed by atoms with Gasteiger partial charge in [-0.3, -0.25) is 9.36 Å². The lowest BCUT2D eigenvalue weighted by atomic mass is 9.93. The molecule has 0 amide bonds. The maximum absolute atomic E-state index is 12.7. The van der Waals surface area contributed by atoms with E-state index in [2.05, 4.69) is 40.6 Å². The van der Waals surface area contributed by atoms with E-state index in [0.717, 1.165) is 48.9 Å². The first-order chi connectivity index (χ1) is 13.3. The predicted octanol–water partition coefficient (Wildman–Crippen LogP) is 2.53. The molecule has 1 unspecified atom stereocenters. The topological polar surface area (TPSA) is 67.2 Å². The first-order valence-corrected chi connectivity index (χ1v) is 10.5. The van der Waals surface area contributed by atoms with Crippen molar-refractivity contribution >= 4 is 21.6 Å². The third kappa shape index (κ3) is 3.98. The lowest BCUT2D eigenvalue weighted by Crippen LogP contribution is -2.35. The van der Waals surface area contributed by atoms with Crippen LogP contribution < -0.4 is 10.9 Å². The second-order valence-electron chi connectivity index (χ2n) is 7.13. The molecule has 2 heterocycles. The number of aliphatic hydroxyl groups is 1. The molecule has 27 heavy (non-hydrogen) atoms. The van der Waals surface area contributed by atoms with Gasteiger partial charge in [0.2, 0.25) is 0 Å². The van der Waals surface area contributed by atoms with Crippen LogP contribution in [0.25, 0.3) is 10.2 Å². The van der Waals surface area contributed by atoms with Gasteiger partial charge in [0.05, 0.1) is 24.9 Å². The van der Waals surface area contributed by atoms with Crippen LogP contribution in [0, 0.1) is 0 Å². The van der Waals surface area contributed by atoms with Gasteiger partial charge in [0, 0.05) is 10.9 Å². The van der Waals surface area contributed by atoms with E-state index in [1.807, 2.05) is 0 Å². The molecule has 5 nitrogen and oxygen atoms in total. The first kappa shape index (κ1) is 18.3. The van der Waals surface area contributed by atoms with Crippen molar-refractivity contribution in [1.82, 2.24) is 14.9 Å². The van der Waals surface area contributed by atoms with E-state index in [1.54, 1.807) is 17.7 Å². The van der Waals surface area contributed by atoms with Crippen LogP contribution in [0.1, 0.15) is 28.8 Å². The first-order valence-electron chi connectivity index (χ1n) is 9.64. The van der Waals surface area contributed by atoms with E-state index in [9.17, 15) is 4.79 Å². The van der Waals surface area contributed by atoms with Crippen LogP contribution in [0.2, 0.25) is 0 Å². The summed E-state index contributed by atoms with van der Waals surface area (Å²) in [5.74, 6) is 0. The molecule has 0 aliphatic heterocycles. The Labute approximate surface area is 162 Å². The molecular weight excluding hydrogens is 358 g/mol. The number of aliphatic hydroxyl groups excluding tert-OH is 1. The summed E-state index contributed by atoms with van der Waals surface area (Å²) < 4.78 is 1.52. The second-order valence-corrected chi connectivity index (χ2v) is 8.22. The molecule has 0 radical (unpaired) electrons. The summed E-state index contributed by atoms with van der Waals surface area (Å²) in [4.78, 5) is 19.3. The minimum absolute atomic E-state index is 0.0131. The quantitative estimate of drug-likeness (QED) is 0.615. The summed E-state index contributed by atoms with van der Waals surface area (Å²) in [5.41, 5.74) is 2.56. The normalized spacial score (nSPS) is 16.6. The largest absolute Gasteiger partial charge is 0.395 e. The number of aryl methyl sites for hydroxylation is 2. The SMILES string of the molecule is O=c1c2c3c(sc2ncn1CCO)CC(NCCCc1ccccc1)CC3. The van der Waals surface area contributed by atoms with Crippen molar-refractivity contribution in [3.63, 3.8) is 0 Å². The van der Waals surface area contributed by atoms with Gasteiger partial charge < -0.3 is 10.4 Å². The number of nitrogens with one attached hydrogen (secondary N) is 1. The molecule has 1 atom stereocenters. The van der Waals surface area contributed by atoms with Crippen LogP contribution in [0.3, 0.4) is 0 Å². The number of benzene rings is 1. The third-order valence-electron chi connectivity index (χ3n) is 5.29. The molecule has 4 rings (SSSR count).